The number of aliphatic carboxylic acids is 1. The molecule has 0 aliphatic rings. The van der Waals surface area contributed by atoms with Crippen LogP contribution in [0.25, 0.3) is 10.9 Å². The number of carbonyl (C=O) groups excluding carboxylic acids is 1. The summed E-state index contributed by atoms with van der Waals surface area (Å²) in [6.45, 7) is 6.25. The van der Waals surface area contributed by atoms with Gasteiger partial charge in [-0.05, 0) is 88.0 Å². The number of carbonyl (C=O) groups is 2. The molecule has 1 aromatic heterocycles. The van der Waals surface area contributed by atoms with Gasteiger partial charge in [0.15, 0.2) is 0 Å². The lowest BCUT2D eigenvalue weighted by Gasteiger charge is -2.07. The zero-order valence-electron chi connectivity index (χ0n) is 23.6. The zero-order valence-corrected chi connectivity index (χ0v) is 23.6. The summed E-state index contributed by atoms with van der Waals surface area (Å²) in [7, 11) is 1.58. The smallest absolute Gasteiger partial charge is 0.307 e. The van der Waals surface area contributed by atoms with E-state index in [0.29, 0.717) is 29.3 Å². The van der Waals surface area contributed by atoms with E-state index in [0.717, 1.165) is 55.8 Å². The van der Waals surface area contributed by atoms with Crippen LogP contribution in [0.5, 0.6) is 5.75 Å². The van der Waals surface area contributed by atoms with Crippen LogP contribution in [0.2, 0.25) is 0 Å². The lowest BCUT2D eigenvalue weighted by Crippen LogP contribution is -2.12. The third-order valence-corrected chi connectivity index (χ3v) is 6.69. The number of methoxy groups -OCH3 is 1. The maximum atomic E-state index is 13.1. The summed E-state index contributed by atoms with van der Waals surface area (Å²) < 4.78 is 6.98. The normalized spacial score (nSPS) is 13.1. The van der Waals surface area contributed by atoms with E-state index < -0.39 is 5.97 Å². The number of carboxylic acid groups (broad SMARTS) is 1. The fourth-order valence-electron chi connectivity index (χ4n) is 4.54. The van der Waals surface area contributed by atoms with E-state index in [-0.39, 0.29) is 12.3 Å². The molecule has 38 heavy (non-hydrogen) atoms. The van der Waals surface area contributed by atoms with Gasteiger partial charge in [-0.15, -0.1) is 0 Å². The molecule has 0 bridgehead atoms. The minimum Gasteiger partial charge on any atom is -0.497 e. The molecule has 5 heteroatoms. The molecule has 0 spiro atoms. The quantitative estimate of drug-likeness (QED) is 0.168. The van der Waals surface area contributed by atoms with Crippen molar-refractivity contribution in [2.45, 2.75) is 85.0 Å². The van der Waals surface area contributed by atoms with Crippen LogP contribution < -0.4 is 4.74 Å². The first-order valence-electron chi connectivity index (χ1n) is 13.9. The van der Waals surface area contributed by atoms with Crippen molar-refractivity contribution in [1.29, 1.82) is 0 Å². The van der Waals surface area contributed by atoms with Gasteiger partial charge >= 0.3 is 5.97 Å². The van der Waals surface area contributed by atoms with Crippen molar-refractivity contribution < 1.29 is 19.4 Å². The Morgan fingerprint density at radius 1 is 1.00 bits per heavy atom. The molecular formula is C33H45NO4. The molecule has 1 atom stereocenters. The Balaban J connectivity index is 1.76. The van der Waals surface area contributed by atoms with Crippen molar-refractivity contribution in [2.75, 3.05) is 7.11 Å². The predicted octanol–water partition coefficient (Wildman–Crippen LogP) is 8.62. The van der Waals surface area contributed by atoms with Gasteiger partial charge in [0.2, 0.25) is 5.91 Å². The summed E-state index contributed by atoms with van der Waals surface area (Å²) >= 11 is 0. The Labute approximate surface area is 228 Å². The molecule has 1 aromatic carbocycles. The fourth-order valence-corrected chi connectivity index (χ4v) is 4.54. The lowest BCUT2D eigenvalue weighted by atomic mass is 10.0. The topological polar surface area (TPSA) is 68.5 Å². The predicted molar refractivity (Wildman–Crippen MR) is 158 cm³/mol. The Bertz CT molecular complexity index is 1150. The van der Waals surface area contributed by atoms with Gasteiger partial charge in [-0.25, -0.2) is 0 Å². The summed E-state index contributed by atoms with van der Waals surface area (Å²) in [6, 6.07) is 5.46. The maximum Gasteiger partial charge on any atom is 0.307 e. The molecule has 2 rings (SSSR count). The van der Waals surface area contributed by atoms with Crippen molar-refractivity contribution in [1.82, 2.24) is 4.57 Å². The Kier molecular flexibility index (Phi) is 14.0. The average molecular weight is 520 g/mol. The second-order valence-corrected chi connectivity index (χ2v) is 9.82. The van der Waals surface area contributed by atoms with Crippen LogP contribution in [-0.2, 0) is 11.2 Å². The number of hydrogen-bond acceptors (Lipinski definition) is 3. The summed E-state index contributed by atoms with van der Waals surface area (Å²) in [5.41, 5.74) is 2.10. The second kappa shape index (κ2) is 17.2. The Morgan fingerprint density at radius 3 is 2.37 bits per heavy atom. The van der Waals surface area contributed by atoms with Crippen LogP contribution in [0, 0.1) is 12.8 Å². The molecule has 0 aliphatic heterocycles. The number of aromatic nitrogens is 1. The van der Waals surface area contributed by atoms with E-state index in [1.807, 2.05) is 19.1 Å². The molecule has 0 amide bonds. The van der Waals surface area contributed by atoms with E-state index in [1.54, 1.807) is 17.7 Å². The number of benzene rings is 1. The van der Waals surface area contributed by atoms with E-state index in [9.17, 15) is 14.7 Å². The third-order valence-electron chi connectivity index (χ3n) is 6.69. The van der Waals surface area contributed by atoms with Crippen LogP contribution in [0.4, 0.5) is 0 Å². The largest absolute Gasteiger partial charge is 0.497 e. The number of hydrogen-bond donors (Lipinski definition) is 1. The highest BCUT2D eigenvalue weighted by Crippen LogP contribution is 2.30. The number of ether oxygens (including phenoxy) is 1. The fraction of sp³-hybridized carbons (Fsp3) is 0.455. The van der Waals surface area contributed by atoms with Crippen LogP contribution in [0.15, 0.2) is 66.8 Å². The van der Waals surface area contributed by atoms with Gasteiger partial charge in [0.05, 0.1) is 19.0 Å². The molecule has 1 heterocycles. The van der Waals surface area contributed by atoms with Gasteiger partial charge in [-0.1, -0.05) is 62.5 Å². The van der Waals surface area contributed by atoms with E-state index >= 15 is 0 Å². The SMILES string of the molecule is CC/C=C/C/C=C/C/C=C/CCC(C)C/C=C/CCCC(=O)n1c(C)c(CC(=O)O)c2cc(OC)ccc21. The van der Waals surface area contributed by atoms with Crippen molar-refractivity contribution in [3.8, 4) is 5.75 Å². The summed E-state index contributed by atoms with van der Waals surface area (Å²) in [6.07, 6.45) is 26.1. The molecule has 1 N–H and O–H groups in total. The molecule has 0 radical (unpaired) electrons. The molecular weight excluding hydrogens is 474 g/mol. The maximum absolute atomic E-state index is 13.1. The van der Waals surface area contributed by atoms with Gasteiger partial charge in [-0.3, -0.25) is 14.2 Å². The number of fused-ring (bicyclic) bond motifs is 1. The minimum absolute atomic E-state index is 0.00451. The molecule has 0 aliphatic carbocycles. The summed E-state index contributed by atoms with van der Waals surface area (Å²) in [5, 5.41) is 10.1. The van der Waals surface area contributed by atoms with Crippen LogP contribution >= 0.6 is 0 Å². The van der Waals surface area contributed by atoms with Crippen LogP contribution in [0.3, 0.4) is 0 Å². The second-order valence-electron chi connectivity index (χ2n) is 9.82. The van der Waals surface area contributed by atoms with Gasteiger partial charge in [0, 0.05) is 17.5 Å². The van der Waals surface area contributed by atoms with Gasteiger partial charge < -0.3 is 9.84 Å². The van der Waals surface area contributed by atoms with Crippen molar-refractivity contribution in [2.24, 2.45) is 5.92 Å². The summed E-state index contributed by atoms with van der Waals surface area (Å²) in [4.78, 5) is 24.5. The number of allylic oxidation sites excluding steroid dienone is 8. The minimum atomic E-state index is -0.916. The molecule has 5 nitrogen and oxygen atoms in total. The molecule has 2 aromatic rings. The third kappa shape index (κ3) is 10.2. The Morgan fingerprint density at radius 2 is 1.68 bits per heavy atom. The highest BCUT2D eigenvalue weighted by molar-refractivity contribution is 5.98. The highest BCUT2D eigenvalue weighted by atomic mass is 16.5. The van der Waals surface area contributed by atoms with Crippen LogP contribution in [0.1, 0.15) is 87.7 Å². The average Bonchev–Trinajstić information content (AvgIpc) is 3.16. The first kappa shape index (κ1) is 30.9. The first-order chi connectivity index (χ1) is 18.4. The lowest BCUT2D eigenvalue weighted by molar-refractivity contribution is -0.136. The van der Waals surface area contributed by atoms with Crippen LogP contribution in [-0.4, -0.2) is 28.7 Å². The monoisotopic (exact) mass is 519 g/mol. The zero-order chi connectivity index (χ0) is 27.8. The summed E-state index contributed by atoms with van der Waals surface area (Å²) in [5.74, 6) is 0.356. The first-order valence-corrected chi connectivity index (χ1v) is 13.9. The standard InChI is InChI=1S/C33H45NO4/c1-5-6-7-8-9-10-11-12-13-16-19-26(2)20-17-14-15-18-21-32(35)34-27(3)29(25-33(36)37)30-24-28(38-4)22-23-31(30)34/h6-7,9-10,12-14,17,22-24,26H,5,8,11,15-16,18-21,25H2,1-4H3,(H,36,37)/b7-6+,10-9+,13-12+,17-14+. The molecule has 0 saturated heterocycles. The van der Waals surface area contributed by atoms with Crippen molar-refractivity contribution in [3.63, 3.8) is 0 Å². The van der Waals surface area contributed by atoms with Gasteiger partial charge in [0.25, 0.3) is 0 Å². The van der Waals surface area contributed by atoms with Gasteiger partial charge in [-0.2, -0.15) is 0 Å². The van der Waals surface area contributed by atoms with E-state index in [4.69, 9.17) is 4.74 Å². The van der Waals surface area contributed by atoms with Crippen molar-refractivity contribution >= 4 is 22.8 Å². The van der Waals surface area contributed by atoms with E-state index in [1.165, 1.54) is 6.42 Å². The number of carboxylic acids is 1. The number of rotatable bonds is 17. The van der Waals surface area contributed by atoms with E-state index in [2.05, 4.69) is 62.5 Å². The molecule has 206 valence electrons. The number of unbranched alkanes of at least 4 members (excludes halogenated alkanes) is 1. The molecule has 0 fully saturated rings. The molecule has 0 saturated carbocycles. The van der Waals surface area contributed by atoms with Gasteiger partial charge in [0.1, 0.15) is 5.75 Å². The Hall–Kier alpha value is -3.34. The highest BCUT2D eigenvalue weighted by Gasteiger charge is 2.20. The van der Waals surface area contributed by atoms with Crippen molar-refractivity contribution in [3.05, 3.63) is 78.1 Å². The number of nitrogens with zero attached hydrogens (tertiary/aromatic N) is 1. The molecule has 1 unspecified atom stereocenters.